The average molecular weight is 209 g/mol. The molecule has 1 rings (SSSR count). The molecule has 0 unspecified atom stereocenters. The first-order chi connectivity index (χ1) is 7.26. The highest BCUT2D eigenvalue weighted by atomic mass is 16.1. The molecule has 4 nitrogen and oxygen atoms in total. The Balaban J connectivity index is 2.35. The number of carbonyl (C=O) groups is 1. The van der Waals surface area contributed by atoms with Crippen LogP contribution >= 0.6 is 0 Å². The minimum atomic E-state index is 0.0805. The molecule has 84 valence electrons. The zero-order chi connectivity index (χ0) is 11.1. The largest absolute Gasteiger partial charge is 0.359 e. The molecule has 1 aromatic heterocycles. The van der Waals surface area contributed by atoms with Crippen molar-refractivity contribution in [1.29, 1.82) is 0 Å². The lowest BCUT2D eigenvalue weighted by molar-refractivity contribution is -0.120. The van der Waals surface area contributed by atoms with E-state index in [1.807, 2.05) is 10.8 Å². The zero-order valence-corrected chi connectivity index (χ0v) is 9.42. The van der Waals surface area contributed by atoms with Crippen LogP contribution < -0.4 is 10.6 Å². The SMILES string of the molecule is CCNCc1ccn(CCC(=O)NC)c1. The number of carbonyl (C=O) groups excluding carboxylic acids is 1. The molecule has 0 saturated carbocycles. The maximum atomic E-state index is 11.0. The molecule has 2 N–H and O–H groups in total. The first kappa shape index (κ1) is 11.8. The van der Waals surface area contributed by atoms with Crippen molar-refractivity contribution in [2.75, 3.05) is 13.6 Å². The van der Waals surface area contributed by atoms with Gasteiger partial charge in [-0.05, 0) is 18.2 Å². The van der Waals surface area contributed by atoms with Gasteiger partial charge in [-0.25, -0.2) is 0 Å². The van der Waals surface area contributed by atoms with Crippen LogP contribution in [0.15, 0.2) is 18.5 Å². The number of aryl methyl sites for hydroxylation is 1. The second-order valence-corrected chi connectivity index (χ2v) is 3.46. The van der Waals surface area contributed by atoms with Crippen LogP contribution in [0, 0.1) is 0 Å². The number of hydrogen-bond acceptors (Lipinski definition) is 2. The molecule has 0 bridgehead atoms. The summed E-state index contributed by atoms with van der Waals surface area (Å²) in [6.07, 6.45) is 4.62. The van der Waals surface area contributed by atoms with Gasteiger partial charge in [0.2, 0.25) is 5.91 Å². The molecule has 0 atom stereocenters. The first-order valence-electron chi connectivity index (χ1n) is 5.32. The van der Waals surface area contributed by atoms with E-state index in [0.29, 0.717) is 6.42 Å². The minimum absolute atomic E-state index is 0.0805. The van der Waals surface area contributed by atoms with Crippen LogP contribution in [0.2, 0.25) is 0 Å². The molecule has 15 heavy (non-hydrogen) atoms. The number of nitrogens with one attached hydrogen (secondary N) is 2. The number of amides is 1. The van der Waals surface area contributed by atoms with Crippen molar-refractivity contribution in [3.63, 3.8) is 0 Å². The predicted molar refractivity (Wildman–Crippen MR) is 60.5 cm³/mol. The normalized spacial score (nSPS) is 10.3. The topological polar surface area (TPSA) is 46.1 Å². The highest BCUT2D eigenvalue weighted by Crippen LogP contribution is 2.01. The van der Waals surface area contributed by atoms with E-state index in [4.69, 9.17) is 0 Å². The van der Waals surface area contributed by atoms with E-state index in [1.54, 1.807) is 7.05 Å². The Morgan fingerprint density at radius 3 is 3.00 bits per heavy atom. The molecule has 0 aromatic carbocycles. The predicted octanol–water partition coefficient (Wildman–Crippen LogP) is 0.734. The third kappa shape index (κ3) is 4.16. The fourth-order valence-corrected chi connectivity index (χ4v) is 1.36. The van der Waals surface area contributed by atoms with Gasteiger partial charge in [0.25, 0.3) is 0 Å². The molecular formula is C11H19N3O. The van der Waals surface area contributed by atoms with Gasteiger partial charge in [-0.15, -0.1) is 0 Å². The van der Waals surface area contributed by atoms with Gasteiger partial charge >= 0.3 is 0 Å². The van der Waals surface area contributed by atoms with Gasteiger partial charge in [0.1, 0.15) is 0 Å². The molecule has 0 fully saturated rings. The Labute approximate surface area is 90.7 Å². The smallest absolute Gasteiger partial charge is 0.221 e. The van der Waals surface area contributed by atoms with E-state index in [-0.39, 0.29) is 5.91 Å². The van der Waals surface area contributed by atoms with Crippen LogP contribution in [0.5, 0.6) is 0 Å². The van der Waals surface area contributed by atoms with Gasteiger partial charge in [0, 0.05) is 39.0 Å². The van der Waals surface area contributed by atoms with Gasteiger partial charge in [0.15, 0.2) is 0 Å². The van der Waals surface area contributed by atoms with E-state index in [0.717, 1.165) is 19.6 Å². The quantitative estimate of drug-likeness (QED) is 0.725. The number of nitrogens with zero attached hydrogens (tertiary/aromatic N) is 1. The van der Waals surface area contributed by atoms with Gasteiger partial charge in [0.05, 0.1) is 0 Å². The van der Waals surface area contributed by atoms with Crippen molar-refractivity contribution in [3.05, 3.63) is 24.0 Å². The summed E-state index contributed by atoms with van der Waals surface area (Å²) in [5, 5.41) is 5.87. The monoisotopic (exact) mass is 209 g/mol. The van der Waals surface area contributed by atoms with Gasteiger partial charge in [-0.1, -0.05) is 6.92 Å². The summed E-state index contributed by atoms with van der Waals surface area (Å²) in [4.78, 5) is 11.0. The van der Waals surface area contributed by atoms with E-state index in [2.05, 4.69) is 29.8 Å². The molecule has 1 amide bonds. The van der Waals surface area contributed by atoms with E-state index in [9.17, 15) is 4.79 Å². The summed E-state index contributed by atoms with van der Waals surface area (Å²) >= 11 is 0. The summed E-state index contributed by atoms with van der Waals surface area (Å²) in [5.41, 5.74) is 1.26. The molecular weight excluding hydrogens is 190 g/mol. The third-order valence-corrected chi connectivity index (χ3v) is 2.27. The van der Waals surface area contributed by atoms with Crippen molar-refractivity contribution in [2.24, 2.45) is 0 Å². The lowest BCUT2D eigenvalue weighted by Gasteiger charge is -2.01. The van der Waals surface area contributed by atoms with Crippen LogP contribution in [0.4, 0.5) is 0 Å². The van der Waals surface area contributed by atoms with Crippen LogP contribution in [0.3, 0.4) is 0 Å². The van der Waals surface area contributed by atoms with Crippen LogP contribution in [-0.4, -0.2) is 24.1 Å². The maximum Gasteiger partial charge on any atom is 0.221 e. The second kappa shape index (κ2) is 6.24. The molecule has 1 aromatic rings. The lowest BCUT2D eigenvalue weighted by Crippen LogP contribution is -2.19. The van der Waals surface area contributed by atoms with E-state index < -0.39 is 0 Å². The zero-order valence-electron chi connectivity index (χ0n) is 9.42. The van der Waals surface area contributed by atoms with E-state index in [1.165, 1.54) is 5.56 Å². The molecule has 0 radical (unpaired) electrons. The van der Waals surface area contributed by atoms with Gasteiger partial charge in [-0.2, -0.15) is 0 Å². The fourth-order valence-electron chi connectivity index (χ4n) is 1.36. The highest BCUT2D eigenvalue weighted by molar-refractivity contribution is 5.75. The Morgan fingerprint density at radius 1 is 1.53 bits per heavy atom. The summed E-state index contributed by atoms with van der Waals surface area (Å²) in [6, 6.07) is 2.08. The van der Waals surface area contributed by atoms with Gasteiger partial charge in [-0.3, -0.25) is 4.79 Å². The molecule has 0 aliphatic heterocycles. The summed E-state index contributed by atoms with van der Waals surface area (Å²) < 4.78 is 2.04. The molecule has 0 saturated heterocycles. The Bertz CT molecular complexity index is 307. The fraction of sp³-hybridized carbons (Fsp3) is 0.545. The van der Waals surface area contributed by atoms with Crippen LogP contribution in [0.1, 0.15) is 18.9 Å². The molecule has 0 aliphatic rings. The van der Waals surface area contributed by atoms with Crippen molar-refractivity contribution in [3.8, 4) is 0 Å². The van der Waals surface area contributed by atoms with Crippen molar-refractivity contribution >= 4 is 5.91 Å². The molecule has 0 spiro atoms. The first-order valence-corrected chi connectivity index (χ1v) is 5.32. The van der Waals surface area contributed by atoms with Crippen molar-refractivity contribution in [1.82, 2.24) is 15.2 Å². The van der Waals surface area contributed by atoms with Crippen molar-refractivity contribution < 1.29 is 4.79 Å². The Morgan fingerprint density at radius 2 is 2.33 bits per heavy atom. The highest BCUT2D eigenvalue weighted by Gasteiger charge is 1.99. The van der Waals surface area contributed by atoms with E-state index >= 15 is 0 Å². The average Bonchev–Trinajstić information content (AvgIpc) is 2.71. The number of aromatic nitrogens is 1. The maximum absolute atomic E-state index is 11.0. The third-order valence-electron chi connectivity index (χ3n) is 2.27. The number of hydrogen-bond donors (Lipinski definition) is 2. The summed E-state index contributed by atoms with van der Waals surface area (Å²) in [7, 11) is 1.66. The lowest BCUT2D eigenvalue weighted by atomic mass is 10.3. The van der Waals surface area contributed by atoms with Crippen molar-refractivity contribution in [2.45, 2.75) is 26.4 Å². The van der Waals surface area contributed by atoms with Crippen LogP contribution in [0.25, 0.3) is 0 Å². The Kier molecular flexibility index (Phi) is 4.90. The minimum Gasteiger partial charge on any atom is -0.359 e. The Hall–Kier alpha value is -1.29. The standard InChI is InChI=1S/C11H19N3O/c1-3-13-8-10-4-6-14(9-10)7-5-11(15)12-2/h4,6,9,13H,3,5,7-8H2,1-2H3,(H,12,15). The second-order valence-electron chi connectivity index (χ2n) is 3.46. The molecule has 0 aliphatic carbocycles. The van der Waals surface area contributed by atoms with Crippen LogP contribution in [-0.2, 0) is 17.9 Å². The molecule has 1 heterocycles. The molecule has 4 heteroatoms. The number of rotatable bonds is 6. The summed E-state index contributed by atoms with van der Waals surface area (Å²) in [6.45, 7) is 4.70. The van der Waals surface area contributed by atoms with Gasteiger partial charge < -0.3 is 15.2 Å². The summed E-state index contributed by atoms with van der Waals surface area (Å²) in [5.74, 6) is 0.0805.